The average Bonchev–Trinajstić information content (AvgIpc) is 2.38. The molecule has 1 aliphatic heterocycles. The van der Waals surface area contributed by atoms with E-state index in [-0.39, 0.29) is 27.3 Å². The molecule has 0 amide bonds. The summed E-state index contributed by atoms with van der Waals surface area (Å²) < 4.78 is 23.2. The Bertz CT molecular complexity index is 347. The minimum atomic E-state index is -0.326. The summed E-state index contributed by atoms with van der Waals surface area (Å²) in [5.41, 5.74) is 0. The molecule has 2 rings (SSSR count). The first-order chi connectivity index (χ1) is 8.29. The molecule has 3 nitrogen and oxygen atoms in total. The van der Waals surface area contributed by atoms with Gasteiger partial charge in [-0.1, -0.05) is 0 Å². The number of aromatic nitrogens is 1. The van der Waals surface area contributed by atoms with E-state index in [9.17, 15) is 4.39 Å². The van der Waals surface area contributed by atoms with Crippen molar-refractivity contribution in [2.75, 3.05) is 11.0 Å². The zero-order valence-corrected chi connectivity index (χ0v) is 12.0. The molecule has 0 aliphatic carbocycles. The van der Waals surface area contributed by atoms with Crippen molar-refractivity contribution in [3.63, 3.8) is 0 Å². The summed E-state index contributed by atoms with van der Waals surface area (Å²) in [6.45, 7) is 2.88. The van der Waals surface area contributed by atoms with E-state index >= 15 is 0 Å². The van der Waals surface area contributed by atoms with Crippen LogP contribution in [0.5, 0.6) is 5.88 Å². The molecule has 0 saturated carbocycles. The molecule has 0 aromatic carbocycles. The Balaban J connectivity index is 1.86. The van der Waals surface area contributed by atoms with Crippen LogP contribution in [0.1, 0.15) is 19.8 Å². The third-order valence-corrected chi connectivity index (χ3v) is 5.35. The second-order valence-electron chi connectivity index (χ2n) is 4.12. The summed E-state index contributed by atoms with van der Waals surface area (Å²) in [6, 6.07) is 3.54. The number of hydrogen-bond acceptors (Lipinski definition) is 3. The van der Waals surface area contributed by atoms with Crippen LogP contribution in [0.15, 0.2) is 18.3 Å². The quantitative estimate of drug-likeness (QED) is 0.429. The van der Waals surface area contributed by atoms with E-state index in [1.807, 2.05) is 0 Å². The molecular weight excluding hydrogens is 334 g/mol. The molecule has 0 spiro atoms. The maximum atomic E-state index is 12.7. The Morgan fingerprint density at radius 2 is 2.47 bits per heavy atom. The second-order valence-corrected chi connectivity index (χ2v) is 6.59. The van der Waals surface area contributed by atoms with Gasteiger partial charge in [0.2, 0.25) is 0 Å². The van der Waals surface area contributed by atoms with Crippen LogP contribution in [0.4, 0.5) is 4.39 Å². The minimum absolute atomic E-state index is 0.199. The first-order valence-corrected chi connectivity index (χ1v) is 8.48. The molecule has 1 aromatic rings. The topological polar surface area (TPSA) is 34.1 Å². The van der Waals surface area contributed by atoms with Gasteiger partial charge in [-0.05, 0) is 0 Å². The van der Waals surface area contributed by atoms with E-state index in [0.29, 0.717) is 24.4 Å². The van der Waals surface area contributed by atoms with Crippen molar-refractivity contribution in [3.8, 4) is 5.88 Å². The molecule has 0 radical (unpaired) electrons. The Kier molecular flexibility index (Phi) is 4.97. The average molecular weight is 351 g/mol. The van der Waals surface area contributed by atoms with Crippen LogP contribution >= 0.6 is 0 Å². The maximum absolute atomic E-state index is 12.7. The number of nitrogens with one attached hydrogen (secondary N) is 1. The molecule has 2 atom stereocenters. The number of ether oxygens (including phenoxy) is 1. The predicted molar refractivity (Wildman–Crippen MR) is 59.9 cm³/mol. The SMILES string of the molecule is CCC1N[I-]CCC1COc1ccc(F)cn1. The number of nitrogens with zero attached hydrogens (tertiary/aromatic N) is 1. The molecule has 2 unspecified atom stereocenters. The monoisotopic (exact) mass is 351 g/mol. The van der Waals surface area contributed by atoms with Gasteiger partial charge < -0.3 is 0 Å². The molecular formula is C12H17FIN2O-. The van der Waals surface area contributed by atoms with Gasteiger partial charge in [0.15, 0.2) is 0 Å². The van der Waals surface area contributed by atoms with E-state index < -0.39 is 0 Å². The van der Waals surface area contributed by atoms with E-state index in [0.717, 1.165) is 6.42 Å². The normalized spacial score (nSPS) is 25.1. The molecule has 17 heavy (non-hydrogen) atoms. The Morgan fingerprint density at radius 1 is 1.59 bits per heavy atom. The number of hydrogen-bond donors (Lipinski definition) is 1. The van der Waals surface area contributed by atoms with Gasteiger partial charge in [-0.25, -0.2) is 0 Å². The number of alkyl halides is 1. The van der Waals surface area contributed by atoms with Crippen LogP contribution in [0, 0.1) is 11.7 Å². The van der Waals surface area contributed by atoms with Crippen molar-refractivity contribution in [3.05, 3.63) is 24.1 Å². The summed E-state index contributed by atoms with van der Waals surface area (Å²) in [4.78, 5) is 3.90. The van der Waals surface area contributed by atoms with E-state index in [2.05, 4.69) is 15.4 Å². The molecule has 1 N–H and O–H groups in total. The van der Waals surface area contributed by atoms with Crippen molar-refractivity contribution in [1.82, 2.24) is 8.51 Å². The molecule has 1 saturated heterocycles. The molecule has 1 aliphatic rings. The summed E-state index contributed by atoms with van der Waals surface area (Å²) in [5, 5.41) is 0. The van der Waals surface area contributed by atoms with Crippen molar-refractivity contribution < 1.29 is 30.6 Å². The summed E-state index contributed by atoms with van der Waals surface area (Å²) in [7, 11) is 0. The third kappa shape index (κ3) is 3.77. The first kappa shape index (κ1) is 13.0. The van der Waals surface area contributed by atoms with Crippen molar-refractivity contribution in [2.45, 2.75) is 25.8 Å². The molecule has 5 heteroatoms. The Labute approximate surface area is 112 Å². The first-order valence-electron chi connectivity index (χ1n) is 5.87. The van der Waals surface area contributed by atoms with Gasteiger partial charge in [0, 0.05) is 0 Å². The van der Waals surface area contributed by atoms with Crippen molar-refractivity contribution in [2.24, 2.45) is 5.92 Å². The van der Waals surface area contributed by atoms with Gasteiger partial charge in [0.1, 0.15) is 0 Å². The van der Waals surface area contributed by atoms with E-state index in [1.165, 1.54) is 23.1 Å². The standard InChI is InChI=1S/C12H17FIN2O/c1-2-11-9(5-6-14-16-11)8-17-12-4-3-10(13)7-15-12/h3-4,7,9,11,16H,2,5-6,8H2,1H3/q-1. The van der Waals surface area contributed by atoms with Gasteiger partial charge in [0.05, 0.1) is 0 Å². The zero-order valence-electron chi connectivity index (χ0n) is 9.83. The molecule has 2 heterocycles. The van der Waals surface area contributed by atoms with Crippen molar-refractivity contribution in [1.29, 1.82) is 0 Å². The molecule has 1 fully saturated rings. The van der Waals surface area contributed by atoms with E-state index in [1.54, 1.807) is 6.07 Å². The zero-order chi connectivity index (χ0) is 12.1. The van der Waals surface area contributed by atoms with Gasteiger partial charge in [-0.2, -0.15) is 0 Å². The van der Waals surface area contributed by atoms with Crippen LogP contribution < -0.4 is 29.7 Å². The molecule has 1 aromatic heterocycles. The van der Waals surface area contributed by atoms with Crippen LogP contribution in [-0.4, -0.2) is 22.1 Å². The predicted octanol–water partition coefficient (Wildman–Crippen LogP) is -1.01. The van der Waals surface area contributed by atoms with E-state index in [4.69, 9.17) is 4.74 Å². The van der Waals surface area contributed by atoms with Gasteiger partial charge in [-0.3, -0.25) is 0 Å². The fraction of sp³-hybridized carbons (Fsp3) is 0.583. The Hall–Kier alpha value is -0.430. The summed E-state index contributed by atoms with van der Waals surface area (Å²) in [6.07, 6.45) is 3.57. The van der Waals surface area contributed by atoms with Crippen LogP contribution in [0.25, 0.3) is 0 Å². The number of rotatable bonds is 4. The van der Waals surface area contributed by atoms with Crippen LogP contribution in [-0.2, 0) is 0 Å². The number of halogens is 2. The number of pyridine rings is 1. The Morgan fingerprint density at radius 3 is 3.18 bits per heavy atom. The third-order valence-electron chi connectivity index (χ3n) is 2.95. The van der Waals surface area contributed by atoms with Crippen LogP contribution in [0.2, 0.25) is 0 Å². The second kappa shape index (κ2) is 6.49. The summed E-state index contributed by atoms with van der Waals surface area (Å²) in [5.74, 6) is 0.745. The fourth-order valence-corrected chi connectivity index (χ4v) is 4.83. The molecule has 0 bridgehead atoms. The van der Waals surface area contributed by atoms with Gasteiger partial charge >= 0.3 is 112 Å². The van der Waals surface area contributed by atoms with Gasteiger partial charge in [0.25, 0.3) is 0 Å². The van der Waals surface area contributed by atoms with Crippen LogP contribution in [0.3, 0.4) is 0 Å². The summed E-state index contributed by atoms with van der Waals surface area (Å²) >= 11 is 0.199. The molecule has 96 valence electrons. The van der Waals surface area contributed by atoms with Gasteiger partial charge in [-0.15, -0.1) is 0 Å². The van der Waals surface area contributed by atoms with Crippen molar-refractivity contribution >= 4 is 0 Å². The fourth-order valence-electron chi connectivity index (χ4n) is 1.89.